The van der Waals surface area contributed by atoms with Crippen LogP contribution >= 0.6 is 23.7 Å². The number of esters is 1. The fourth-order valence-corrected chi connectivity index (χ4v) is 7.49. The molecule has 0 N–H and O–H groups in total. The van der Waals surface area contributed by atoms with Gasteiger partial charge in [0.05, 0.1) is 37.3 Å². The zero-order valence-electron chi connectivity index (χ0n) is 26.4. The number of carbonyl (C=O) groups is 2. The van der Waals surface area contributed by atoms with Crippen LogP contribution in [-0.2, 0) is 14.3 Å². The van der Waals surface area contributed by atoms with Crippen molar-refractivity contribution in [2.45, 2.75) is 69.9 Å². The Bertz CT molecular complexity index is 1350. The first-order chi connectivity index (χ1) is 21.5. The molecule has 3 saturated heterocycles. The molecule has 0 bridgehead atoms. The third kappa shape index (κ3) is 9.15. The molecular formula is C34H45ClN4O5S. The van der Waals surface area contributed by atoms with Gasteiger partial charge in [-0.15, -0.1) is 23.7 Å². The predicted octanol–water partition coefficient (Wildman–Crippen LogP) is 6.02. The molecule has 3 aliphatic heterocycles. The lowest BCUT2D eigenvalue weighted by Gasteiger charge is -2.40. The van der Waals surface area contributed by atoms with Crippen molar-refractivity contribution in [3.05, 3.63) is 40.8 Å². The van der Waals surface area contributed by atoms with Crippen LogP contribution in [0, 0.1) is 11.3 Å². The second-order valence-electron chi connectivity index (χ2n) is 11.8. The van der Waals surface area contributed by atoms with Crippen molar-refractivity contribution in [3.63, 3.8) is 0 Å². The molecule has 0 aliphatic carbocycles. The number of rotatable bonds is 10. The van der Waals surface area contributed by atoms with E-state index in [1.165, 1.54) is 32.4 Å². The predicted molar refractivity (Wildman–Crippen MR) is 180 cm³/mol. The average Bonchev–Trinajstić information content (AvgIpc) is 3.55. The van der Waals surface area contributed by atoms with Crippen LogP contribution in [0.4, 0.5) is 5.00 Å². The van der Waals surface area contributed by atoms with Gasteiger partial charge in [0.2, 0.25) is 5.91 Å². The van der Waals surface area contributed by atoms with Crippen LogP contribution in [0.1, 0.15) is 68.2 Å². The molecule has 5 rings (SSSR count). The number of likely N-dealkylation sites (tertiary alicyclic amines) is 2. The maximum absolute atomic E-state index is 12.8. The van der Waals surface area contributed by atoms with Crippen molar-refractivity contribution >= 4 is 52.3 Å². The second kappa shape index (κ2) is 16.9. The molecule has 0 saturated carbocycles. The van der Waals surface area contributed by atoms with E-state index >= 15 is 0 Å². The number of benzene rings is 1. The van der Waals surface area contributed by atoms with Crippen molar-refractivity contribution in [2.24, 2.45) is 0 Å². The number of hydrogen-bond donors (Lipinski definition) is 0. The first-order valence-electron chi connectivity index (χ1n) is 15.9. The van der Waals surface area contributed by atoms with Crippen LogP contribution in [0.3, 0.4) is 0 Å². The number of nitrogens with zero attached hydrogens (tertiary/aromatic N) is 4. The number of amides is 1. The van der Waals surface area contributed by atoms with Gasteiger partial charge in [0, 0.05) is 56.4 Å². The molecule has 3 fully saturated rings. The maximum atomic E-state index is 12.8. The fraction of sp³-hybridized carbons (Fsp3) is 0.559. The maximum Gasteiger partial charge on any atom is 0.306 e. The molecule has 244 valence electrons. The molecule has 0 unspecified atom stereocenters. The number of thiophene rings is 1. The monoisotopic (exact) mass is 656 g/mol. The highest BCUT2D eigenvalue weighted by Crippen LogP contribution is 2.34. The van der Waals surface area contributed by atoms with Gasteiger partial charge in [-0.05, 0) is 80.7 Å². The number of piperidine rings is 3. The summed E-state index contributed by atoms with van der Waals surface area (Å²) in [4.78, 5) is 33.2. The summed E-state index contributed by atoms with van der Waals surface area (Å²) in [6, 6.07) is 12.5. The number of methoxy groups -OCH3 is 2. The number of nitriles is 1. The van der Waals surface area contributed by atoms with E-state index < -0.39 is 0 Å². The number of allylic oxidation sites excluding steroid dienone is 1. The molecule has 9 nitrogen and oxygen atoms in total. The van der Waals surface area contributed by atoms with Gasteiger partial charge in [0.25, 0.3) is 0 Å². The van der Waals surface area contributed by atoms with Gasteiger partial charge in [-0.2, -0.15) is 5.26 Å². The molecule has 0 spiro atoms. The summed E-state index contributed by atoms with van der Waals surface area (Å²) in [6.07, 6.45) is 9.64. The number of carbonyl (C=O) groups excluding carboxylic acids is 2. The number of halogens is 1. The first-order valence-corrected chi connectivity index (χ1v) is 16.7. The van der Waals surface area contributed by atoms with Crippen LogP contribution in [-0.4, -0.2) is 87.3 Å². The third-order valence-corrected chi connectivity index (χ3v) is 10.1. The first kappa shape index (κ1) is 34.6. The Balaban J connectivity index is 0.00000461. The molecule has 11 heteroatoms. The van der Waals surface area contributed by atoms with Crippen molar-refractivity contribution in [1.29, 1.82) is 5.26 Å². The molecule has 1 aromatic carbocycles. The van der Waals surface area contributed by atoms with Crippen LogP contribution in [0.2, 0.25) is 0 Å². The molecule has 2 aromatic rings. The topological polar surface area (TPSA) is 95.3 Å². The van der Waals surface area contributed by atoms with E-state index in [0.29, 0.717) is 23.1 Å². The Kier molecular flexibility index (Phi) is 13.0. The Labute approximate surface area is 277 Å². The number of anilines is 1. The molecule has 0 radical (unpaired) electrons. The lowest BCUT2D eigenvalue weighted by atomic mass is 9.99. The molecule has 4 heterocycles. The number of hydrogen-bond acceptors (Lipinski definition) is 9. The van der Waals surface area contributed by atoms with Crippen molar-refractivity contribution in [1.82, 2.24) is 9.80 Å². The van der Waals surface area contributed by atoms with Crippen LogP contribution in [0.25, 0.3) is 11.6 Å². The summed E-state index contributed by atoms with van der Waals surface area (Å²) in [5, 5.41) is 10.9. The van der Waals surface area contributed by atoms with Gasteiger partial charge in [0.1, 0.15) is 6.10 Å². The minimum absolute atomic E-state index is 0. The normalized spacial score (nSPS) is 18.6. The fourth-order valence-electron chi connectivity index (χ4n) is 6.49. The Morgan fingerprint density at radius 1 is 0.911 bits per heavy atom. The SMILES string of the molecule is COc1ccc(C(C#N)=Cc2ccc(N3CCC(OC(=O)CCC(=O)N4CCC(N5CCCCC5)CC4)CC3)s2)cc1OC.Cl. The zero-order valence-corrected chi connectivity index (χ0v) is 28.0. The molecule has 0 atom stereocenters. The van der Waals surface area contributed by atoms with Crippen molar-refractivity contribution in [3.8, 4) is 17.6 Å². The molecular weight excluding hydrogens is 612 g/mol. The minimum atomic E-state index is -0.275. The highest BCUT2D eigenvalue weighted by atomic mass is 35.5. The smallest absolute Gasteiger partial charge is 0.306 e. The minimum Gasteiger partial charge on any atom is -0.493 e. The van der Waals surface area contributed by atoms with E-state index in [2.05, 4.69) is 21.9 Å². The Hall–Kier alpha value is -3.26. The van der Waals surface area contributed by atoms with E-state index in [9.17, 15) is 14.9 Å². The van der Waals surface area contributed by atoms with E-state index in [-0.39, 0.29) is 43.2 Å². The van der Waals surface area contributed by atoms with Gasteiger partial charge in [0.15, 0.2) is 11.5 Å². The van der Waals surface area contributed by atoms with Crippen LogP contribution < -0.4 is 14.4 Å². The van der Waals surface area contributed by atoms with Crippen LogP contribution in [0.5, 0.6) is 11.5 Å². The highest BCUT2D eigenvalue weighted by Gasteiger charge is 2.28. The number of ether oxygens (including phenoxy) is 3. The average molecular weight is 657 g/mol. The van der Waals surface area contributed by atoms with Crippen molar-refractivity contribution in [2.75, 3.05) is 58.4 Å². The lowest BCUT2D eigenvalue weighted by molar-refractivity contribution is -0.152. The largest absolute Gasteiger partial charge is 0.493 e. The van der Waals surface area contributed by atoms with Gasteiger partial charge >= 0.3 is 5.97 Å². The summed E-state index contributed by atoms with van der Waals surface area (Å²) < 4.78 is 16.5. The van der Waals surface area contributed by atoms with E-state index in [1.807, 2.05) is 29.2 Å². The molecule has 3 aliphatic rings. The third-order valence-electron chi connectivity index (χ3n) is 9.03. The summed E-state index contributed by atoms with van der Waals surface area (Å²) >= 11 is 1.63. The second-order valence-corrected chi connectivity index (χ2v) is 12.9. The summed E-state index contributed by atoms with van der Waals surface area (Å²) in [6.45, 7) is 5.55. The van der Waals surface area contributed by atoms with Gasteiger partial charge in [-0.3, -0.25) is 9.59 Å². The molecule has 45 heavy (non-hydrogen) atoms. The zero-order chi connectivity index (χ0) is 30.9. The Morgan fingerprint density at radius 3 is 2.29 bits per heavy atom. The van der Waals surface area contributed by atoms with E-state index in [0.717, 1.165) is 67.3 Å². The summed E-state index contributed by atoms with van der Waals surface area (Å²) in [5.74, 6) is 0.995. The lowest BCUT2D eigenvalue weighted by Crippen LogP contribution is -2.48. The standard InChI is InChI=1S/C34H44N4O5S.ClH/c1-41-30-8-6-25(23-31(30)42-2)26(24-35)22-29-7-10-33(44-29)38-20-14-28(15-21-38)43-34(40)11-9-32(39)37-18-12-27(13-19-37)36-16-4-3-5-17-36;/h6-8,10,22-23,27-28H,3-5,9,11-21H2,1-2H3;1H. The van der Waals surface area contributed by atoms with Gasteiger partial charge in [-0.1, -0.05) is 6.42 Å². The van der Waals surface area contributed by atoms with Gasteiger partial charge in [-0.25, -0.2) is 0 Å². The molecule has 1 aromatic heterocycles. The van der Waals surface area contributed by atoms with Crippen LogP contribution in [0.15, 0.2) is 30.3 Å². The van der Waals surface area contributed by atoms with Crippen molar-refractivity contribution < 1.29 is 23.8 Å². The van der Waals surface area contributed by atoms with E-state index in [1.54, 1.807) is 31.6 Å². The van der Waals surface area contributed by atoms with Gasteiger partial charge < -0.3 is 28.9 Å². The quantitative estimate of drug-likeness (QED) is 0.226. The molecule has 1 amide bonds. The highest BCUT2D eigenvalue weighted by molar-refractivity contribution is 7.17. The summed E-state index contributed by atoms with van der Waals surface area (Å²) in [7, 11) is 3.16. The van der Waals surface area contributed by atoms with E-state index in [4.69, 9.17) is 14.2 Å². The Morgan fingerprint density at radius 2 is 1.62 bits per heavy atom. The summed E-state index contributed by atoms with van der Waals surface area (Å²) in [5.41, 5.74) is 1.31.